The molecule has 0 amide bonds. The summed E-state index contributed by atoms with van der Waals surface area (Å²) >= 11 is 0. The first-order chi connectivity index (χ1) is 8.50. The van der Waals surface area contributed by atoms with Gasteiger partial charge in [-0.2, -0.15) is 0 Å². The van der Waals surface area contributed by atoms with Gasteiger partial charge in [0.25, 0.3) is 0 Å². The van der Waals surface area contributed by atoms with E-state index in [9.17, 15) is 4.39 Å². The number of halogens is 1. The molecule has 1 aromatic rings. The second-order valence-electron chi connectivity index (χ2n) is 5.06. The third-order valence-electron chi connectivity index (χ3n) is 3.00. The zero-order chi connectivity index (χ0) is 13.6. The minimum atomic E-state index is -0.229. The van der Waals surface area contributed by atoms with Crippen LogP contribution in [0.25, 0.3) is 0 Å². The first kappa shape index (κ1) is 15.1. The second-order valence-corrected chi connectivity index (χ2v) is 5.06. The molecule has 1 rings (SSSR count). The van der Waals surface area contributed by atoms with Gasteiger partial charge in [-0.1, -0.05) is 25.1 Å². The standard InChI is InChI=1S/C15H24FNO/c1-5-14(12-9-7-8-10-13(12)16)17-11-15(3,4)18-6-2/h7-10,14,17H,5-6,11H2,1-4H3. The maximum Gasteiger partial charge on any atom is 0.127 e. The van der Waals surface area contributed by atoms with E-state index in [1.807, 2.05) is 32.9 Å². The maximum atomic E-state index is 13.7. The number of hydrogen-bond donors (Lipinski definition) is 1. The lowest BCUT2D eigenvalue weighted by Gasteiger charge is -2.28. The van der Waals surface area contributed by atoms with Gasteiger partial charge in [-0.05, 0) is 33.3 Å². The third-order valence-corrected chi connectivity index (χ3v) is 3.00. The molecule has 0 saturated heterocycles. The lowest BCUT2D eigenvalue weighted by Crippen LogP contribution is -2.39. The van der Waals surface area contributed by atoms with E-state index in [4.69, 9.17) is 4.74 Å². The molecule has 0 aliphatic carbocycles. The van der Waals surface area contributed by atoms with Crippen LogP contribution in [0.15, 0.2) is 24.3 Å². The van der Waals surface area contributed by atoms with Crippen molar-refractivity contribution in [2.45, 2.75) is 45.8 Å². The molecular weight excluding hydrogens is 229 g/mol. The fourth-order valence-electron chi connectivity index (χ4n) is 2.04. The number of ether oxygens (including phenoxy) is 1. The number of benzene rings is 1. The van der Waals surface area contributed by atoms with Crippen molar-refractivity contribution in [3.05, 3.63) is 35.6 Å². The Balaban J connectivity index is 2.66. The van der Waals surface area contributed by atoms with Crippen molar-refractivity contribution >= 4 is 0 Å². The van der Waals surface area contributed by atoms with Crippen LogP contribution in [0.3, 0.4) is 0 Å². The van der Waals surface area contributed by atoms with Gasteiger partial charge in [0.05, 0.1) is 5.60 Å². The summed E-state index contributed by atoms with van der Waals surface area (Å²) in [6.07, 6.45) is 0.850. The minimum absolute atomic E-state index is 0.0333. The van der Waals surface area contributed by atoms with Gasteiger partial charge in [0.1, 0.15) is 5.82 Å². The Morgan fingerprint density at radius 3 is 2.50 bits per heavy atom. The summed E-state index contributed by atoms with van der Waals surface area (Å²) in [5.41, 5.74) is 0.500. The SMILES string of the molecule is CCOC(C)(C)CNC(CC)c1ccccc1F. The van der Waals surface area contributed by atoms with Crippen molar-refractivity contribution < 1.29 is 9.13 Å². The quantitative estimate of drug-likeness (QED) is 0.800. The molecule has 2 nitrogen and oxygen atoms in total. The van der Waals surface area contributed by atoms with Gasteiger partial charge in [-0.15, -0.1) is 0 Å². The van der Waals surface area contributed by atoms with E-state index in [1.54, 1.807) is 6.07 Å². The predicted octanol–water partition coefficient (Wildman–Crippen LogP) is 3.68. The van der Waals surface area contributed by atoms with Crippen LogP contribution in [-0.2, 0) is 4.74 Å². The molecule has 0 heterocycles. The topological polar surface area (TPSA) is 21.3 Å². The first-order valence-electron chi connectivity index (χ1n) is 6.62. The van der Waals surface area contributed by atoms with Gasteiger partial charge in [0.15, 0.2) is 0 Å². The molecule has 1 atom stereocenters. The van der Waals surface area contributed by atoms with E-state index >= 15 is 0 Å². The number of rotatable bonds is 7. The van der Waals surface area contributed by atoms with E-state index in [-0.39, 0.29) is 17.5 Å². The normalized spacial score (nSPS) is 13.6. The minimum Gasteiger partial charge on any atom is -0.375 e. The Morgan fingerprint density at radius 1 is 1.28 bits per heavy atom. The summed E-state index contributed by atoms with van der Waals surface area (Å²) in [6, 6.07) is 6.97. The highest BCUT2D eigenvalue weighted by Crippen LogP contribution is 2.20. The molecule has 0 saturated carbocycles. The molecule has 0 fully saturated rings. The zero-order valence-electron chi connectivity index (χ0n) is 11.8. The van der Waals surface area contributed by atoms with E-state index in [0.29, 0.717) is 13.2 Å². The average Bonchev–Trinajstić information content (AvgIpc) is 2.32. The van der Waals surface area contributed by atoms with Crippen LogP contribution in [0.4, 0.5) is 4.39 Å². The zero-order valence-corrected chi connectivity index (χ0v) is 11.8. The van der Waals surface area contributed by atoms with E-state index in [1.165, 1.54) is 6.07 Å². The fourth-order valence-corrected chi connectivity index (χ4v) is 2.04. The highest BCUT2D eigenvalue weighted by Gasteiger charge is 2.20. The Hall–Kier alpha value is -0.930. The highest BCUT2D eigenvalue weighted by atomic mass is 19.1. The van der Waals surface area contributed by atoms with Crippen LogP contribution in [0, 0.1) is 5.82 Å². The molecule has 0 bridgehead atoms. The summed E-state index contributed by atoms with van der Waals surface area (Å²) in [7, 11) is 0. The molecule has 1 unspecified atom stereocenters. The van der Waals surface area contributed by atoms with Gasteiger partial charge in [0, 0.05) is 24.8 Å². The van der Waals surface area contributed by atoms with E-state index in [2.05, 4.69) is 12.2 Å². The predicted molar refractivity (Wildman–Crippen MR) is 73.1 cm³/mol. The molecule has 0 spiro atoms. The molecule has 1 N–H and O–H groups in total. The van der Waals surface area contributed by atoms with Crippen LogP contribution in [-0.4, -0.2) is 18.8 Å². The van der Waals surface area contributed by atoms with Gasteiger partial charge in [-0.25, -0.2) is 4.39 Å². The summed E-state index contributed by atoms with van der Waals surface area (Å²) < 4.78 is 19.4. The number of nitrogens with one attached hydrogen (secondary N) is 1. The smallest absolute Gasteiger partial charge is 0.127 e. The van der Waals surface area contributed by atoms with Gasteiger partial charge in [-0.3, -0.25) is 0 Å². The summed E-state index contributed by atoms with van der Waals surface area (Å²) in [5, 5.41) is 3.39. The first-order valence-corrected chi connectivity index (χ1v) is 6.62. The Labute approximate surface area is 110 Å². The van der Waals surface area contributed by atoms with E-state index < -0.39 is 0 Å². The van der Waals surface area contributed by atoms with Crippen LogP contribution < -0.4 is 5.32 Å². The molecule has 18 heavy (non-hydrogen) atoms. The second kappa shape index (κ2) is 6.86. The van der Waals surface area contributed by atoms with Crippen LogP contribution >= 0.6 is 0 Å². The summed E-state index contributed by atoms with van der Waals surface area (Å²) in [6.45, 7) is 9.50. The molecular formula is C15H24FNO. The van der Waals surface area contributed by atoms with Crippen molar-refractivity contribution in [3.8, 4) is 0 Å². The Kier molecular flexibility index (Phi) is 5.76. The number of hydrogen-bond acceptors (Lipinski definition) is 2. The van der Waals surface area contributed by atoms with Crippen molar-refractivity contribution in [2.75, 3.05) is 13.2 Å². The van der Waals surface area contributed by atoms with Crippen LogP contribution in [0.1, 0.15) is 45.7 Å². The van der Waals surface area contributed by atoms with Crippen molar-refractivity contribution in [1.82, 2.24) is 5.32 Å². The monoisotopic (exact) mass is 253 g/mol. The molecule has 0 radical (unpaired) electrons. The molecule has 0 aliphatic heterocycles. The molecule has 102 valence electrons. The molecule has 0 aromatic heterocycles. The van der Waals surface area contributed by atoms with E-state index in [0.717, 1.165) is 12.0 Å². The lowest BCUT2D eigenvalue weighted by atomic mass is 10.0. The van der Waals surface area contributed by atoms with Crippen molar-refractivity contribution in [3.63, 3.8) is 0 Å². The van der Waals surface area contributed by atoms with Gasteiger partial charge in [0.2, 0.25) is 0 Å². The summed E-state index contributed by atoms with van der Waals surface area (Å²) in [4.78, 5) is 0. The lowest BCUT2D eigenvalue weighted by molar-refractivity contribution is -0.0108. The largest absolute Gasteiger partial charge is 0.375 e. The third kappa shape index (κ3) is 4.39. The molecule has 3 heteroatoms. The fraction of sp³-hybridized carbons (Fsp3) is 0.600. The summed E-state index contributed by atoms with van der Waals surface area (Å²) in [5.74, 6) is -0.147. The Bertz CT molecular complexity index is 365. The van der Waals surface area contributed by atoms with Gasteiger partial charge < -0.3 is 10.1 Å². The average molecular weight is 253 g/mol. The Morgan fingerprint density at radius 2 is 1.94 bits per heavy atom. The van der Waals surface area contributed by atoms with Crippen molar-refractivity contribution in [2.24, 2.45) is 0 Å². The molecule has 1 aromatic carbocycles. The molecule has 0 aliphatic rings. The maximum absolute atomic E-state index is 13.7. The van der Waals surface area contributed by atoms with Crippen LogP contribution in [0.5, 0.6) is 0 Å². The highest BCUT2D eigenvalue weighted by molar-refractivity contribution is 5.21. The van der Waals surface area contributed by atoms with Gasteiger partial charge >= 0.3 is 0 Å². The van der Waals surface area contributed by atoms with Crippen molar-refractivity contribution in [1.29, 1.82) is 0 Å². The van der Waals surface area contributed by atoms with Crippen LogP contribution in [0.2, 0.25) is 0 Å².